The summed E-state index contributed by atoms with van der Waals surface area (Å²) in [5.74, 6) is 2.08. The lowest BCUT2D eigenvalue weighted by Gasteiger charge is -2.11. The Hall–Kier alpha value is -0.670. The summed E-state index contributed by atoms with van der Waals surface area (Å²) in [5.41, 5.74) is 1.27. The Bertz CT molecular complexity index is 325. The first-order valence-corrected chi connectivity index (χ1v) is 7.22. The highest BCUT2D eigenvalue weighted by molar-refractivity contribution is 7.98. The average Bonchev–Trinajstić information content (AvgIpc) is 3.12. The molecule has 0 saturated heterocycles. The van der Waals surface area contributed by atoms with E-state index in [1.807, 2.05) is 17.8 Å². The molecule has 1 fully saturated rings. The van der Waals surface area contributed by atoms with Gasteiger partial charge in [0.05, 0.1) is 6.61 Å². The monoisotopic (exact) mass is 237 g/mol. The van der Waals surface area contributed by atoms with Gasteiger partial charge in [0.15, 0.2) is 0 Å². The quantitative estimate of drug-likeness (QED) is 0.737. The summed E-state index contributed by atoms with van der Waals surface area (Å²) in [7, 11) is 0. The van der Waals surface area contributed by atoms with Gasteiger partial charge in [-0.05, 0) is 25.2 Å². The highest BCUT2D eigenvalue weighted by atomic mass is 32.2. The van der Waals surface area contributed by atoms with Crippen molar-refractivity contribution in [3.8, 4) is 5.75 Å². The number of hydrogen-bond donors (Lipinski definition) is 1. The van der Waals surface area contributed by atoms with Gasteiger partial charge in [0.25, 0.3) is 0 Å². The van der Waals surface area contributed by atoms with E-state index in [-0.39, 0.29) is 0 Å². The molecule has 1 aliphatic rings. The molecule has 0 heterocycles. The van der Waals surface area contributed by atoms with E-state index in [0.29, 0.717) is 0 Å². The minimum Gasteiger partial charge on any atom is -0.492 e. The average molecular weight is 237 g/mol. The second kappa shape index (κ2) is 6.16. The predicted molar refractivity (Wildman–Crippen MR) is 70.2 cm³/mol. The van der Waals surface area contributed by atoms with E-state index < -0.39 is 0 Å². The minimum atomic E-state index is 0.749. The van der Waals surface area contributed by atoms with Crippen LogP contribution in [0.3, 0.4) is 0 Å². The van der Waals surface area contributed by atoms with Gasteiger partial charge in [0, 0.05) is 23.9 Å². The number of hydrogen-bond acceptors (Lipinski definition) is 3. The molecule has 0 aliphatic heterocycles. The van der Waals surface area contributed by atoms with Gasteiger partial charge < -0.3 is 10.1 Å². The van der Waals surface area contributed by atoms with Crippen molar-refractivity contribution >= 4 is 11.8 Å². The molecular weight excluding hydrogens is 218 g/mol. The molecule has 2 rings (SSSR count). The van der Waals surface area contributed by atoms with Crippen molar-refractivity contribution in [3.63, 3.8) is 0 Å². The molecule has 3 heteroatoms. The molecule has 1 aliphatic carbocycles. The molecular formula is C13H19NOS. The van der Waals surface area contributed by atoms with Crippen molar-refractivity contribution in [1.82, 2.24) is 5.32 Å². The van der Waals surface area contributed by atoms with E-state index in [9.17, 15) is 0 Å². The minimum absolute atomic E-state index is 0.749. The Kier molecular flexibility index (Phi) is 4.55. The van der Waals surface area contributed by atoms with Crippen LogP contribution in [0.15, 0.2) is 24.3 Å². The van der Waals surface area contributed by atoms with Gasteiger partial charge in [0.1, 0.15) is 5.75 Å². The highest BCUT2D eigenvalue weighted by Gasteiger charge is 2.20. The summed E-state index contributed by atoms with van der Waals surface area (Å²) in [4.78, 5) is 0. The molecule has 1 N–H and O–H groups in total. The molecule has 1 aromatic carbocycles. The molecule has 0 unspecified atom stereocenters. The molecule has 1 saturated carbocycles. The lowest BCUT2D eigenvalue weighted by molar-refractivity contribution is 0.339. The highest BCUT2D eigenvalue weighted by Crippen LogP contribution is 2.22. The zero-order chi connectivity index (χ0) is 11.2. The number of para-hydroxylation sites is 1. The maximum Gasteiger partial charge on any atom is 0.123 e. The first-order chi connectivity index (χ1) is 7.90. The van der Waals surface area contributed by atoms with Gasteiger partial charge in [-0.15, -0.1) is 0 Å². The van der Waals surface area contributed by atoms with Crippen molar-refractivity contribution in [2.45, 2.75) is 25.4 Å². The summed E-state index contributed by atoms with van der Waals surface area (Å²) in [6.07, 6.45) is 4.76. The fourth-order valence-electron chi connectivity index (χ4n) is 1.57. The van der Waals surface area contributed by atoms with E-state index in [0.717, 1.165) is 30.7 Å². The maximum absolute atomic E-state index is 5.77. The van der Waals surface area contributed by atoms with Gasteiger partial charge in [-0.3, -0.25) is 0 Å². The normalized spacial score (nSPS) is 15.1. The lowest BCUT2D eigenvalue weighted by Crippen LogP contribution is -2.16. The van der Waals surface area contributed by atoms with Gasteiger partial charge in [-0.25, -0.2) is 0 Å². The molecule has 0 radical (unpaired) electrons. The summed E-state index contributed by atoms with van der Waals surface area (Å²) in [6, 6.07) is 9.06. The van der Waals surface area contributed by atoms with E-state index in [4.69, 9.17) is 4.74 Å². The Balaban J connectivity index is 1.87. The van der Waals surface area contributed by atoms with Crippen LogP contribution < -0.4 is 10.1 Å². The summed E-state index contributed by atoms with van der Waals surface area (Å²) >= 11 is 1.81. The SMILES string of the molecule is CSCCOc1ccccc1CNC1CC1. The standard InChI is InChI=1S/C13H19NOS/c1-16-9-8-15-13-5-3-2-4-11(13)10-14-12-6-7-12/h2-5,12,14H,6-10H2,1H3. The Morgan fingerprint density at radius 2 is 2.19 bits per heavy atom. The smallest absolute Gasteiger partial charge is 0.123 e. The molecule has 0 atom stereocenters. The van der Waals surface area contributed by atoms with Crippen molar-refractivity contribution in [2.75, 3.05) is 18.6 Å². The molecule has 88 valence electrons. The third kappa shape index (κ3) is 3.72. The van der Waals surface area contributed by atoms with Gasteiger partial charge >= 0.3 is 0 Å². The van der Waals surface area contributed by atoms with Crippen LogP contribution in [0.4, 0.5) is 0 Å². The van der Waals surface area contributed by atoms with Crippen molar-refractivity contribution < 1.29 is 4.74 Å². The summed E-state index contributed by atoms with van der Waals surface area (Å²) < 4.78 is 5.77. The Morgan fingerprint density at radius 1 is 1.38 bits per heavy atom. The van der Waals surface area contributed by atoms with Crippen LogP contribution in [-0.2, 0) is 6.54 Å². The predicted octanol–water partition coefficient (Wildman–Crippen LogP) is 2.68. The zero-order valence-corrected chi connectivity index (χ0v) is 10.6. The molecule has 16 heavy (non-hydrogen) atoms. The number of thioether (sulfide) groups is 1. The van der Waals surface area contributed by atoms with Gasteiger partial charge in [0.2, 0.25) is 0 Å². The maximum atomic E-state index is 5.77. The third-order valence-electron chi connectivity index (χ3n) is 2.68. The van der Waals surface area contributed by atoms with Crippen molar-refractivity contribution in [2.24, 2.45) is 0 Å². The van der Waals surface area contributed by atoms with Crippen LogP contribution in [0, 0.1) is 0 Å². The molecule has 0 amide bonds. The van der Waals surface area contributed by atoms with Crippen LogP contribution in [0.5, 0.6) is 5.75 Å². The van der Waals surface area contributed by atoms with Crippen LogP contribution in [0.2, 0.25) is 0 Å². The Morgan fingerprint density at radius 3 is 2.94 bits per heavy atom. The fraction of sp³-hybridized carbons (Fsp3) is 0.538. The Labute approximate surface area is 102 Å². The van der Waals surface area contributed by atoms with Crippen LogP contribution in [-0.4, -0.2) is 24.7 Å². The van der Waals surface area contributed by atoms with Crippen LogP contribution in [0.1, 0.15) is 18.4 Å². The first-order valence-electron chi connectivity index (χ1n) is 5.83. The number of nitrogens with one attached hydrogen (secondary N) is 1. The summed E-state index contributed by atoms with van der Waals surface area (Å²) in [6.45, 7) is 1.72. The van der Waals surface area contributed by atoms with E-state index >= 15 is 0 Å². The lowest BCUT2D eigenvalue weighted by atomic mass is 10.2. The molecule has 0 spiro atoms. The third-order valence-corrected chi connectivity index (χ3v) is 3.25. The molecule has 0 aromatic heterocycles. The van der Waals surface area contributed by atoms with E-state index in [2.05, 4.69) is 29.8 Å². The van der Waals surface area contributed by atoms with Gasteiger partial charge in [-0.1, -0.05) is 18.2 Å². The van der Waals surface area contributed by atoms with Crippen LogP contribution in [0.25, 0.3) is 0 Å². The topological polar surface area (TPSA) is 21.3 Å². The summed E-state index contributed by atoms with van der Waals surface area (Å²) in [5, 5.41) is 3.52. The van der Waals surface area contributed by atoms with E-state index in [1.165, 1.54) is 18.4 Å². The fourth-order valence-corrected chi connectivity index (χ4v) is 1.82. The van der Waals surface area contributed by atoms with Gasteiger partial charge in [-0.2, -0.15) is 11.8 Å². The first kappa shape index (κ1) is 11.8. The number of benzene rings is 1. The molecule has 2 nitrogen and oxygen atoms in total. The number of ether oxygens (including phenoxy) is 1. The van der Waals surface area contributed by atoms with Crippen molar-refractivity contribution in [3.05, 3.63) is 29.8 Å². The second-order valence-corrected chi connectivity index (χ2v) is 5.09. The molecule has 0 bridgehead atoms. The van der Waals surface area contributed by atoms with Crippen LogP contribution >= 0.6 is 11.8 Å². The second-order valence-electron chi connectivity index (χ2n) is 4.10. The molecule has 1 aromatic rings. The van der Waals surface area contributed by atoms with E-state index in [1.54, 1.807) is 0 Å². The largest absolute Gasteiger partial charge is 0.492 e. The zero-order valence-electron chi connectivity index (χ0n) is 9.74. The number of rotatable bonds is 7. The van der Waals surface area contributed by atoms with Crippen molar-refractivity contribution in [1.29, 1.82) is 0 Å².